The number of benzene rings is 1. The fourth-order valence-corrected chi connectivity index (χ4v) is 2.25. The highest BCUT2D eigenvalue weighted by Crippen LogP contribution is 2.24. The molecule has 2 N–H and O–H groups in total. The van der Waals surface area contributed by atoms with Gasteiger partial charge in [-0.15, -0.1) is 11.8 Å². The Morgan fingerprint density at radius 1 is 1.52 bits per heavy atom. The Balaban J connectivity index is 2.08. The van der Waals surface area contributed by atoms with Gasteiger partial charge >= 0.3 is 0 Å². The fraction of sp³-hybridized carbons (Fsp3) is 0.231. The van der Waals surface area contributed by atoms with E-state index in [0.29, 0.717) is 13.0 Å². The lowest BCUT2D eigenvalue weighted by molar-refractivity contribution is -0.385. The van der Waals surface area contributed by atoms with Crippen molar-refractivity contribution in [3.05, 3.63) is 52.1 Å². The van der Waals surface area contributed by atoms with Crippen molar-refractivity contribution in [2.24, 2.45) is 0 Å². The summed E-state index contributed by atoms with van der Waals surface area (Å²) in [5.41, 5.74) is 0.783. The van der Waals surface area contributed by atoms with Gasteiger partial charge in [0.05, 0.1) is 11.3 Å². The molecule has 7 nitrogen and oxygen atoms in total. The highest BCUT2D eigenvalue weighted by molar-refractivity contribution is 7.98. The maximum atomic E-state index is 12.1. The van der Waals surface area contributed by atoms with Gasteiger partial charge in [0.1, 0.15) is 5.56 Å². The SMILES string of the molecule is CSc1ccc([N+](=O)[O-])c(C(=O)NCCc2cnc[nH]2)c1. The van der Waals surface area contributed by atoms with E-state index < -0.39 is 10.8 Å². The normalized spacial score (nSPS) is 10.3. The van der Waals surface area contributed by atoms with Gasteiger partial charge in [0.15, 0.2) is 0 Å². The number of hydrogen-bond acceptors (Lipinski definition) is 5. The number of aromatic nitrogens is 2. The van der Waals surface area contributed by atoms with Crippen molar-refractivity contribution >= 4 is 23.4 Å². The summed E-state index contributed by atoms with van der Waals surface area (Å²) in [5, 5.41) is 13.7. The molecular formula is C13H14N4O3S. The smallest absolute Gasteiger partial charge is 0.282 e. The Morgan fingerprint density at radius 2 is 2.33 bits per heavy atom. The second-order valence-corrected chi connectivity index (χ2v) is 5.10. The number of nitrogens with one attached hydrogen (secondary N) is 2. The molecule has 1 heterocycles. The van der Waals surface area contributed by atoms with Gasteiger partial charge in [-0.25, -0.2) is 4.98 Å². The van der Waals surface area contributed by atoms with E-state index in [0.717, 1.165) is 10.6 Å². The van der Waals surface area contributed by atoms with Gasteiger partial charge in [-0.2, -0.15) is 0 Å². The monoisotopic (exact) mass is 306 g/mol. The third-order valence-electron chi connectivity index (χ3n) is 2.88. The van der Waals surface area contributed by atoms with Crippen molar-refractivity contribution in [3.8, 4) is 0 Å². The number of nitrogens with zero attached hydrogens (tertiary/aromatic N) is 2. The molecule has 1 amide bonds. The quantitative estimate of drug-likeness (QED) is 0.483. The number of carbonyl (C=O) groups is 1. The molecule has 0 bridgehead atoms. The van der Waals surface area contributed by atoms with Crippen LogP contribution in [0.1, 0.15) is 16.1 Å². The van der Waals surface area contributed by atoms with E-state index in [4.69, 9.17) is 0 Å². The molecule has 0 unspecified atom stereocenters. The molecule has 0 aliphatic rings. The van der Waals surface area contributed by atoms with Crippen molar-refractivity contribution in [3.63, 3.8) is 0 Å². The summed E-state index contributed by atoms with van der Waals surface area (Å²) in [6, 6.07) is 4.52. The van der Waals surface area contributed by atoms with Crippen LogP contribution in [0.4, 0.5) is 5.69 Å². The average molecular weight is 306 g/mol. The number of amides is 1. The van der Waals surface area contributed by atoms with Gasteiger partial charge in [-0.1, -0.05) is 0 Å². The lowest BCUT2D eigenvalue weighted by Crippen LogP contribution is -2.26. The first-order valence-corrected chi connectivity index (χ1v) is 7.42. The van der Waals surface area contributed by atoms with E-state index in [-0.39, 0.29) is 11.3 Å². The zero-order valence-corrected chi connectivity index (χ0v) is 12.1. The van der Waals surface area contributed by atoms with Crippen LogP contribution in [0.15, 0.2) is 35.6 Å². The minimum absolute atomic E-state index is 0.0801. The van der Waals surface area contributed by atoms with Crippen molar-refractivity contribution in [1.82, 2.24) is 15.3 Å². The van der Waals surface area contributed by atoms with Crippen LogP contribution < -0.4 is 5.32 Å². The molecule has 0 aliphatic carbocycles. The van der Waals surface area contributed by atoms with Crippen LogP contribution >= 0.6 is 11.8 Å². The van der Waals surface area contributed by atoms with Crippen molar-refractivity contribution < 1.29 is 9.72 Å². The molecule has 0 saturated carbocycles. The zero-order chi connectivity index (χ0) is 15.2. The molecule has 0 radical (unpaired) electrons. The number of rotatable bonds is 6. The first kappa shape index (κ1) is 15.0. The molecule has 0 spiro atoms. The Bertz CT molecular complexity index is 643. The maximum absolute atomic E-state index is 12.1. The molecule has 8 heteroatoms. The Hall–Kier alpha value is -2.35. The highest BCUT2D eigenvalue weighted by atomic mass is 32.2. The maximum Gasteiger partial charge on any atom is 0.282 e. The molecule has 21 heavy (non-hydrogen) atoms. The van der Waals surface area contributed by atoms with Crippen LogP contribution in [-0.4, -0.2) is 33.6 Å². The van der Waals surface area contributed by atoms with Crippen molar-refractivity contribution in [2.75, 3.05) is 12.8 Å². The summed E-state index contributed by atoms with van der Waals surface area (Å²) in [5.74, 6) is -0.447. The topological polar surface area (TPSA) is 101 Å². The number of thioether (sulfide) groups is 1. The van der Waals surface area contributed by atoms with E-state index in [1.165, 1.54) is 23.9 Å². The van der Waals surface area contributed by atoms with Crippen LogP contribution in [0.5, 0.6) is 0 Å². The Labute approximate surface area is 125 Å². The minimum atomic E-state index is -0.548. The zero-order valence-electron chi connectivity index (χ0n) is 11.3. The molecule has 110 valence electrons. The largest absolute Gasteiger partial charge is 0.351 e. The lowest BCUT2D eigenvalue weighted by atomic mass is 10.1. The van der Waals surface area contributed by atoms with E-state index >= 15 is 0 Å². The van der Waals surface area contributed by atoms with E-state index in [1.807, 2.05) is 6.26 Å². The minimum Gasteiger partial charge on any atom is -0.351 e. The van der Waals surface area contributed by atoms with E-state index in [2.05, 4.69) is 15.3 Å². The van der Waals surface area contributed by atoms with Crippen LogP contribution in [0.3, 0.4) is 0 Å². The molecule has 2 aromatic rings. The van der Waals surface area contributed by atoms with Crippen LogP contribution in [0.2, 0.25) is 0 Å². The third-order valence-corrected chi connectivity index (χ3v) is 3.61. The average Bonchev–Trinajstić information content (AvgIpc) is 2.99. The van der Waals surface area contributed by atoms with Gasteiger partial charge in [0.2, 0.25) is 0 Å². The summed E-state index contributed by atoms with van der Waals surface area (Å²) < 4.78 is 0. The van der Waals surface area contributed by atoms with Gasteiger partial charge in [-0.3, -0.25) is 14.9 Å². The van der Waals surface area contributed by atoms with E-state index in [9.17, 15) is 14.9 Å². The number of H-pyrrole nitrogens is 1. The first-order valence-electron chi connectivity index (χ1n) is 6.19. The summed E-state index contributed by atoms with van der Waals surface area (Å²) in [6.45, 7) is 0.377. The summed E-state index contributed by atoms with van der Waals surface area (Å²) >= 11 is 1.43. The van der Waals surface area contributed by atoms with Gasteiger partial charge in [0.25, 0.3) is 11.6 Å². The molecule has 0 fully saturated rings. The second-order valence-electron chi connectivity index (χ2n) is 4.22. The molecule has 1 aromatic carbocycles. The number of carbonyl (C=O) groups excluding carboxylic acids is 1. The predicted octanol–water partition coefficient (Wildman–Crippen LogP) is 2.01. The summed E-state index contributed by atoms with van der Waals surface area (Å²) in [4.78, 5) is 30.2. The number of imidazole rings is 1. The van der Waals surface area contributed by atoms with Crippen LogP contribution in [0.25, 0.3) is 0 Å². The highest BCUT2D eigenvalue weighted by Gasteiger charge is 2.20. The van der Waals surface area contributed by atoms with Crippen LogP contribution in [-0.2, 0) is 6.42 Å². The third kappa shape index (κ3) is 3.82. The van der Waals surface area contributed by atoms with Crippen LogP contribution in [0, 0.1) is 10.1 Å². The predicted molar refractivity (Wildman–Crippen MR) is 79.5 cm³/mol. The van der Waals surface area contributed by atoms with Crippen molar-refractivity contribution in [2.45, 2.75) is 11.3 Å². The Morgan fingerprint density at radius 3 is 2.95 bits per heavy atom. The molecule has 2 rings (SSSR count). The molecule has 0 atom stereocenters. The molecule has 0 aliphatic heterocycles. The lowest BCUT2D eigenvalue weighted by Gasteiger charge is -2.06. The fourth-order valence-electron chi connectivity index (χ4n) is 1.81. The summed E-state index contributed by atoms with van der Waals surface area (Å²) in [7, 11) is 0. The summed E-state index contributed by atoms with van der Waals surface area (Å²) in [6.07, 6.45) is 5.66. The number of hydrogen-bond donors (Lipinski definition) is 2. The van der Waals surface area contributed by atoms with Gasteiger partial charge in [0, 0.05) is 35.8 Å². The Kier molecular flexibility index (Phi) is 4.94. The van der Waals surface area contributed by atoms with Gasteiger partial charge in [-0.05, 0) is 18.4 Å². The molecule has 0 saturated heterocycles. The van der Waals surface area contributed by atoms with Crippen molar-refractivity contribution in [1.29, 1.82) is 0 Å². The molecule has 1 aromatic heterocycles. The number of aromatic amines is 1. The van der Waals surface area contributed by atoms with Gasteiger partial charge < -0.3 is 10.3 Å². The number of nitro benzene ring substituents is 1. The standard InChI is InChI=1S/C13H14N4O3S/c1-21-10-2-3-12(17(19)20)11(6-10)13(18)15-5-4-9-7-14-8-16-9/h2-3,6-8H,4-5H2,1H3,(H,14,16)(H,15,18). The van der Waals surface area contributed by atoms with E-state index in [1.54, 1.807) is 18.6 Å². The molecular weight excluding hydrogens is 292 g/mol. The number of nitro groups is 1. The first-order chi connectivity index (χ1) is 10.1. The second kappa shape index (κ2) is 6.89.